The van der Waals surface area contributed by atoms with Crippen molar-refractivity contribution in [2.45, 2.75) is 38.0 Å². The lowest BCUT2D eigenvalue weighted by atomic mass is 9.75. The van der Waals surface area contributed by atoms with Gasteiger partial charge < -0.3 is 5.73 Å². The molecule has 37 heavy (non-hydrogen) atoms. The topological polar surface area (TPSA) is 26.0 Å². The van der Waals surface area contributed by atoms with E-state index >= 15 is 0 Å². The fourth-order valence-corrected chi connectivity index (χ4v) is 5.29. The lowest BCUT2D eigenvalue weighted by Gasteiger charge is -2.30. The van der Waals surface area contributed by atoms with Gasteiger partial charge in [0, 0.05) is 17.5 Å². The molecule has 0 saturated heterocycles. The third-order valence-corrected chi connectivity index (χ3v) is 7.26. The molecule has 0 radical (unpaired) electrons. The molecule has 0 aliphatic heterocycles. The highest BCUT2D eigenvalue weighted by Gasteiger charge is 2.28. The van der Waals surface area contributed by atoms with Crippen molar-refractivity contribution < 1.29 is 0 Å². The van der Waals surface area contributed by atoms with E-state index in [-0.39, 0.29) is 17.3 Å². The number of nitrogens with two attached hydrogens (primary N) is 1. The zero-order valence-corrected chi connectivity index (χ0v) is 21.9. The van der Waals surface area contributed by atoms with E-state index in [9.17, 15) is 0 Å². The van der Waals surface area contributed by atoms with Crippen molar-refractivity contribution in [3.63, 3.8) is 0 Å². The summed E-state index contributed by atoms with van der Waals surface area (Å²) in [5, 5.41) is 0. The molecular weight excluding hydrogens is 446 g/mol. The van der Waals surface area contributed by atoms with Crippen LogP contribution in [0.15, 0.2) is 133 Å². The van der Waals surface area contributed by atoms with E-state index in [0.717, 1.165) is 16.8 Å². The summed E-state index contributed by atoms with van der Waals surface area (Å²) in [6.07, 6.45) is 0. The van der Waals surface area contributed by atoms with Crippen molar-refractivity contribution in [3.8, 4) is 0 Å². The Labute approximate surface area is 221 Å². The third kappa shape index (κ3) is 5.22. The van der Waals surface area contributed by atoms with E-state index in [1.165, 1.54) is 27.8 Å². The molecule has 1 nitrogen and oxygen atoms in total. The predicted molar refractivity (Wildman–Crippen MR) is 157 cm³/mol. The molecular formula is C36H35N. The minimum atomic E-state index is -0.0347. The van der Waals surface area contributed by atoms with Crippen LogP contribution in [0.25, 0.3) is 0 Å². The number of hydrogen-bond acceptors (Lipinski definition) is 1. The third-order valence-electron chi connectivity index (χ3n) is 7.26. The second-order valence-electron chi connectivity index (χ2n) is 10.8. The fourth-order valence-electron chi connectivity index (χ4n) is 5.29. The van der Waals surface area contributed by atoms with E-state index < -0.39 is 0 Å². The maximum absolute atomic E-state index is 7.25. The van der Waals surface area contributed by atoms with Gasteiger partial charge in [-0.15, -0.1) is 0 Å². The Morgan fingerprint density at radius 3 is 0.973 bits per heavy atom. The van der Waals surface area contributed by atoms with Gasteiger partial charge in [0.25, 0.3) is 0 Å². The Morgan fingerprint density at radius 1 is 0.459 bits per heavy atom. The van der Waals surface area contributed by atoms with Gasteiger partial charge in [-0.05, 0) is 44.4 Å². The first-order chi connectivity index (χ1) is 17.9. The molecule has 0 heterocycles. The van der Waals surface area contributed by atoms with E-state index in [2.05, 4.69) is 154 Å². The molecule has 5 rings (SSSR count). The van der Waals surface area contributed by atoms with Crippen molar-refractivity contribution in [2.24, 2.45) is 0 Å². The lowest BCUT2D eigenvalue weighted by Crippen LogP contribution is -2.18. The van der Waals surface area contributed by atoms with Crippen LogP contribution in [0.3, 0.4) is 0 Å². The summed E-state index contributed by atoms with van der Waals surface area (Å²) in [5.41, 5.74) is 16.7. The van der Waals surface area contributed by atoms with Crippen LogP contribution in [0.5, 0.6) is 0 Å². The molecule has 0 saturated carbocycles. The van der Waals surface area contributed by atoms with Gasteiger partial charge in [-0.2, -0.15) is 0 Å². The van der Waals surface area contributed by atoms with Crippen molar-refractivity contribution in [1.29, 1.82) is 0 Å². The predicted octanol–water partition coefficient (Wildman–Crippen LogP) is 8.93. The maximum Gasteiger partial charge on any atom is 0.0398 e. The van der Waals surface area contributed by atoms with Gasteiger partial charge in [-0.3, -0.25) is 0 Å². The molecule has 0 bridgehead atoms. The molecule has 0 aliphatic carbocycles. The largest absolute Gasteiger partial charge is 0.398 e. The van der Waals surface area contributed by atoms with Gasteiger partial charge in [0.05, 0.1) is 0 Å². The van der Waals surface area contributed by atoms with Crippen molar-refractivity contribution >= 4 is 5.69 Å². The van der Waals surface area contributed by atoms with Crippen LogP contribution < -0.4 is 5.73 Å². The summed E-state index contributed by atoms with van der Waals surface area (Å²) in [6.45, 7) is 6.85. The van der Waals surface area contributed by atoms with Crippen LogP contribution in [0.4, 0.5) is 5.69 Å². The van der Waals surface area contributed by atoms with Crippen LogP contribution in [0.2, 0.25) is 0 Å². The molecule has 0 aromatic heterocycles. The first kappa shape index (κ1) is 24.6. The average Bonchev–Trinajstić information content (AvgIpc) is 2.92. The first-order valence-electron chi connectivity index (χ1n) is 13.1. The molecule has 0 aliphatic rings. The standard InChI is InChI=1S/C36H35N/c1-36(2,3)30-24-31(33(26-16-8-4-9-17-26)27-18-10-5-11-19-27)35(37)32(25-30)34(28-20-12-6-13-21-28)29-22-14-7-15-23-29/h4-25,33-34H,37H2,1-3H3. The molecule has 0 unspecified atom stereocenters. The molecule has 5 aromatic carbocycles. The van der Waals surface area contributed by atoms with Crippen LogP contribution in [0, 0.1) is 0 Å². The van der Waals surface area contributed by atoms with E-state index in [0.29, 0.717) is 0 Å². The van der Waals surface area contributed by atoms with Crippen LogP contribution in [-0.4, -0.2) is 0 Å². The highest BCUT2D eigenvalue weighted by atomic mass is 14.6. The molecule has 1 heteroatoms. The minimum absolute atomic E-state index is 0.0347. The zero-order valence-electron chi connectivity index (χ0n) is 21.9. The molecule has 2 N–H and O–H groups in total. The van der Waals surface area contributed by atoms with Gasteiger partial charge in [-0.25, -0.2) is 0 Å². The summed E-state index contributed by atoms with van der Waals surface area (Å²) in [5.74, 6) is 0.0753. The molecule has 184 valence electrons. The first-order valence-corrected chi connectivity index (χ1v) is 13.1. The normalized spacial score (nSPS) is 11.7. The van der Waals surface area contributed by atoms with Gasteiger partial charge >= 0.3 is 0 Å². The summed E-state index contributed by atoms with van der Waals surface area (Å²) >= 11 is 0. The zero-order chi connectivity index (χ0) is 25.8. The van der Waals surface area contributed by atoms with Gasteiger partial charge in [0.15, 0.2) is 0 Å². The van der Waals surface area contributed by atoms with E-state index in [1.807, 2.05) is 0 Å². The summed E-state index contributed by atoms with van der Waals surface area (Å²) in [6, 6.07) is 47.7. The molecule has 0 amide bonds. The van der Waals surface area contributed by atoms with Crippen molar-refractivity contribution in [3.05, 3.63) is 172 Å². The quantitative estimate of drug-likeness (QED) is 0.190. The Kier molecular flexibility index (Phi) is 6.97. The maximum atomic E-state index is 7.25. The Hall–Kier alpha value is -4.10. The monoisotopic (exact) mass is 481 g/mol. The molecule has 5 aromatic rings. The number of rotatable bonds is 6. The number of benzene rings is 5. The highest BCUT2D eigenvalue weighted by Crippen LogP contribution is 2.44. The number of hydrogen-bond donors (Lipinski definition) is 1. The summed E-state index contributed by atoms with van der Waals surface area (Å²) in [4.78, 5) is 0. The number of nitrogen functional groups attached to an aromatic ring is 1. The molecule has 0 fully saturated rings. The van der Waals surface area contributed by atoms with Crippen LogP contribution in [-0.2, 0) is 5.41 Å². The van der Waals surface area contributed by atoms with E-state index in [4.69, 9.17) is 5.73 Å². The van der Waals surface area contributed by atoms with Gasteiger partial charge in [-0.1, -0.05) is 154 Å². The molecule has 0 atom stereocenters. The minimum Gasteiger partial charge on any atom is -0.398 e. The SMILES string of the molecule is CC(C)(C)c1cc(C(c2ccccc2)c2ccccc2)c(N)c(C(c2ccccc2)c2ccccc2)c1. The lowest BCUT2D eigenvalue weighted by molar-refractivity contribution is 0.588. The van der Waals surface area contributed by atoms with Gasteiger partial charge in [0.1, 0.15) is 0 Å². The Balaban J connectivity index is 1.82. The van der Waals surface area contributed by atoms with Crippen LogP contribution >= 0.6 is 0 Å². The van der Waals surface area contributed by atoms with Crippen LogP contribution in [0.1, 0.15) is 71.6 Å². The Bertz CT molecular complexity index is 1250. The van der Waals surface area contributed by atoms with E-state index in [1.54, 1.807) is 0 Å². The Morgan fingerprint density at radius 2 is 0.730 bits per heavy atom. The summed E-state index contributed by atoms with van der Waals surface area (Å²) < 4.78 is 0. The average molecular weight is 482 g/mol. The smallest absolute Gasteiger partial charge is 0.0398 e. The number of anilines is 1. The van der Waals surface area contributed by atoms with Crippen molar-refractivity contribution in [1.82, 2.24) is 0 Å². The second kappa shape index (κ2) is 10.5. The van der Waals surface area contributed by atoms with Crippen molar-refractivity contribution in [2.75, 3.05) is 5.73 Å². The second-order valence-corrected chi connectivity index (χ2v) is 10.8. The van der Waals surface area contributed by atoms with Gasteiger partial charge in [0.2, 0.25) is 0 Å². The molecule has 0 spiro atoms. The fraction of sp³-hybridized carbons (Fsp3) is 0.167. The highest BCUT2D eigenvalue weighted by molar-refractivity contribution is 5.66. The summed E-state index contributed by atoms with van der Waals surface area (Å²) in [7, 11) is 0.